The normalized spacial score (nSPS) is 16.3. The Morgan fingerprint density at radius 2 is 2.07 bits per heavy atom. The second kappa shape index (κ2) is 8.86. The number of ether oxygens (including phenoxy) is 1. The molecule has 6 nitrogen and oxygen atoms in total. The van der Waals surface area contributed by atoms with Crippen LogP contribution in [0.3, 0.4) is 0 Å². The van der Waals surface area contributed by atoms with E-state index in [-0.39, 0.29) is 11.9 Å². The molecule has 2 aromatic heterocycles. The lowest BCUT2D eigenvalue weighted by Crippen LogP contribution is -2.44. The zero-order valence-corrected chi connectivity index (χ0v) is 17.0. The molecular formula is C21H26N4O2S. The number of carbonyl (C=O) groups excluding carboxylic acids is 1. The Hall–Kier alpha value is -2.22. The summed E-state index contributed by atoms with van der Waals surface area (Å²) in [5.41, 5.74) is 1.95. The smallest absolute Gasteiger partial charge is 0.240 e. The Kier molecular flexibility index (Phi) is 6.04. The van der Waals surface area contributed by atoms with Gasteiger partial charge in [0.15, 0.2) is 0 Å². The highest BCUT2D eigenvalue weighted by Gasteiger charge is 2.24. The van der Waals surface area contributed by atoms with E-state index in [2.05, 4.69) is 39.6 Å². The number of nitrogens with one attached hydrogen (secondary N) is 1. The fourth-order valence-electron chi connectivity index (χ4n) is 3.76. The number of morpholine rings is 1. The minimum Gasteiger partial charge on any atom is -0.379 e. The molecular weight excluding hydrogens is 372 g/mol. The Balaban J connectivity index is 1.46. The zero-order chi connectivity index (χ0) is 19.3. The Morgan fingerprint density at radius 3 is 2.82 bits per heavy atom. The van der Waals surface area contributed by atoms with E-state index >= 15 is 0 Å². The lowest BCUT2D eigenvalue weighted by atomic mass is 10.2. The van der Waals surface area contributed by atoms with Crippen molar-refractivity contribution in [1.29, 1.82) is 0 Å². The molecule has 1 amide bonds. The van der Waals surface area contributed by atoms with Gasteiger partial charge in [-0.05, 0) is 23.6 Å². The number of rotatable bonds is 7. The third-order valence-corrected chi connectivity index (χ3v) is 6.18. The predicted octanol–water partition coefficient (Wildman–Crippen LogP) is 2.85. The van der Waals surface area contributed by atoms with Gasteiger partial charge in [0.05, 0.1) is 30.3 Å². The number of amides is 1. The second-order valence-corrected chi connectivity index (χ2v) is 7.92. The molecule has 1 saturated heterocycles. The average molecular weight is 399 g/mol. The molecule has 0 aliphatic carbocycles. The Labute approximate surface area is 169 Å². The van der Waals surface area contributed by atoms with Gasteiger partial charge in [0.25, 0.3) is 0 Å². The van der Waals surface area contributed by atoms with Gasteiger partial charge in [-0.25, -0.2) is 4.98 Å². The summed E-state index contributed by atoms with van der Waals surface area (Å²) in [6, 6.07) is 12.4. The molecule has 1 fully saturated rings. The van der Waals surface area contributed by atoms with Crippen LogP contribution in [0.15, 0.2) is 41.8 Å². The lowest BCUT2D eigenvalue weighted by Gasteiger charge is -2.34. The molecule has 0 bridgehead atoms. The predicted molar refractivity (Wildman–Crippen MR) is 112 cm³/mol. The number of aryl methyl sites for hydroxylation is 1. The fraction of sp³-hybridized carbons (Fsp3) is 0.429. The van der Waals surface area contributed by atoms with Crippen LogP contribution < -0.4 is 5.32 Å². The molecule has 3 heterocycles. The number of carbonyl (C=O) groups is 1. The zero-order valence-electron chi connectivity index (χ0n) is 16.1. The van der Waals surface area contributed by atoms with E-state index in [4.69, 9.17) is 4.74 Å². The summed E-state index contributed by atoms with van der Waals surface area (Å²) in [5.74, 6) is 0.965. The van der Waals surface area contributed by atoms with Crippen LogP contribution >= 0.6 is 11.3 Å². The van der Waals surface area contributed by atoms with E-state index in [1.807, 2.05) is 28.8 Å². The maximum atomic E-state index is 12.8. The van der Waals surface area contributed by atoms with E-state index in [0.717, 1.165) is 49.6 Å². The first-order valence-electron chi connectivity index (χ1n) is 9.82. The first-order chi connectivity index (χ1) is 13.8. The summed E-state index contributed by atoms with van der Waals surface area (Å²) in [6.45, 7) is 6.25. The molecule has 28 heavy (non-hydrogen) atoms. The lowest BCUT2D eigenvalue weighted by molar-refractivity contribution is -0.122. The molecule has 1 aromatic carbocycles. The van der Waals surface area contributed by atoms with Crippen molar-refractivity contribution in [2.45, 2.75) is 25.9 Å². The first kappa shape index (κ1) is 19.1. The van der Waals surface area contributed by atoms with Crippen LogP contribution in [0, 0.1) is 0 Å². The summed E-state index contributed by atoms with van der Waals surface area (Å²) in [6.07, 6.45) is 0.799. The third-order valence-electron chi connectivity index (χ3n) is 5.20. The maximum Gasteiger partial charge on any atom is 0.240 e. The summed E-state index contributed by atoms with van der Waals surface area (Å²) in [4.78, 5) is 21.1. The van der Waals surface area contributed by atoms with E-state index in [1.54, 1.807) is 11.3 Å². The van der Waals surface area contributed by atoms with Crippen molar-refractivity contribution >= 4 is 28.3 Å². The average Bonchev–Trinajstić information content (AvgIpc) is 3.38. The molecule has 1 aliphatic rings. The number of para-hydroxylation sites is 2. The van der Waals surface area contributed by atoms with Crippen LogP contribution in [0.25, 0.3) is 11.0 Å². The van der Waals surface area contributed by atoms with Gasteiger partial charge in [-0.2, -0.15) is 0 Å². The van der Waals surface area contributed by atoms with E-state index in [1.165, 1.54) is 4.88 Å². The van der Waals surface area contributed by atoms with Crippen LogP contribution in [-0.4, -0.2) is 53.2 Å². The summed E-state index contributed by atoms with van der Waals surface area (Å²) >= 11 is 1.74. The van der Waals surface area contributed by atoms with Crippen LogP contribution in [0.5, 0.6) is 0 Å². The van der Waals surface area contributed by atoms with Crippen LogP contribution in [0.2, 0.25) is 0 Å². The van der Waals surface area contributed by atoms with Crippen LogP contribution in [0.4, 0.5) is 0 Å². The number of thiophene rings is 1. The van der Waals surface area contributed by atoms with Crippen molar-refractivity contribution in [1.82, 2.24) is 19.8 Å². The van der Waals surface area contributed by atoms with Crippen molar-refractivity contribution in [3.63, 3.8) is 0 Å². The standard InChI is InChI=1S/C21H26N4O2S/c1-2-20-23-16-6-3-4-7-17(16)25(20)15-21(26)22-14-18(19-8-5-13-28-19)24-9-11-27-12-10-24/h3-8,13,18H,2,9-12,14-15H2,1H3,(H,22,26). The Morgan fingerprint density at radius 1 is 1.25 bits per heavy atom. The van der Waals surface area contributed by atoms with Crippen LogP contribution in [-0.2, 0) is 22.5 Å². The number of imidazole rings is 1. The van der Waals surface area contributed by atoms with Crippen molar-refractivity contribution in [3.05, 3.63) is 52.5 Å². The van der Waals surface area contributed by atoms with E-state index in [0.29, 0.717) is 13.1 Å². The van der Waals surface area contributed by atoms with Gasteiger partial charge in [0.1, 0.15) is 12.4 Å². The van der Waals surface area contributed by atoms with Gasteiger partial charge < -0.3 is 14.6 Å². The fourth-order valence-corrected chi connectivity index (χ4v) is 4.62. The van der Waals surface area contributed by atoms with Crippen molar-refractivity contribution in [2.24, 2.45) is 0 Å². The largest absolute Gasteiger partial charge is 0.379 e. The first-order valence-corrected chi connectivity index (χ1v) is 10.7. The maximum absolute atomic E-state index is 12.8. The molecule has 0 radical (unpaired) electrons. The molecule has 148 valence electrons. The van der Waals surface area contributed by atoms with E-state index in [9.17, 15) is 4.79 Å². The van der Waals surface area contributed by atoms with Gasteiger partial charge in [0.2, 0.25) is 5.91 Å². The molecule has 7 heteroatoms. The van der Waals surface area contributed by atoms with Gasteiger partial charge in [0, 0.05) is 30.9 Å². The molecule has 1 unspecified atom stereocenters. The minimum atomic E-state index is 0.0210. The second-order valence-electron chi connectivity index (χ2n) is 6.94. The summed E-state index contributed by atoms with van der Waals surface area (Å²) < 4.78 is 7.52. The monoisotopic (exact) mass is 398 g/mol. The number of aromatic nitrogens is 2. The highest BCUT2D eigenvalue weighted by molar-refractivity contribution is 7.10. The van der Waals surface area contributed by atoms with Crippen molar-refractivity contribution in [3.8, 4) is 0 Å². The molecule has 4 rings (SSSR count). The molecule has 1 N–H and O–H groups in total. The summed E-state index contributed by atoms with van der Waals surface area (Å²) in [5, 5.41) is 5.25. The van der Waals surface area contributed by atoms with Gasteiger partial charge in [-0.15, -0.1) is 11.3 Å². The molecule has 1 atom stereocenters. The minimum absolute atomic E-state index is 0.0210. The number of hydrogen-bond donors (Lipinski definition) is 1. The van der Waals surface area contributed by atoms with Crippen LogP contribution in [0.1, 0.15) is 23.7 Å². The van der Waals surface area contributed by atoms with Gasteiger partial charge >= 0.3 is 0 Å². The number of hydrogen-bond acceptors (Lipinski definition) is 5. The highest BCUT2D eigenvalue weighted by Crippen LogP contribution is 2.25. The summed E-state index contributed by atoms with van der Waals surface area (Å²) in [7, 11) is 0. The highest BCUT2D eigenvalue weighted by atomic mass is 32.1. The van der Waals surface area contributed by atoms with Gasteiger partial charge in [-0.1, -0.05) is 25.1 Å². The number of benzene rings is 1. The van der Waals surface area contributed by atoms with Crippen molar-refractivity contribution < 1.29 is 9.53 Å². The molecule has 1 aliphatic heterocycles. The molecule has 0 spiro atoms. The molecule has 3 aromatic rings. The molecule has 0 saturated carbocycles. The topological polar surface area (TPSA) is 59.4 Å². The number of fused-ring (bicyclic) bond motifs is 1. The Bertz CT molecular complexity index is 916. The van der Waals surface area contributed by atoms with E-state index < -0.39 is 0 Å². The third kappa shape index (κ3) is 4.11. The quantitative estimate of drug-likeness (QED) is 0.665. The van der Waals surface area contributed by atoms with Gasteiger partial charge in [-0.3, -0.25) is 9.69 Å². The number of nitrogens with zero attached hydrogens (tertiary/aromatic N) is 3. The van der Waals surface area contributed by atoms with Crippen molar-refractivity contribution in [2.75, 3.05) is 32.8 Å². The SMILES string of the molecule is CCc1nc2ccccc2n1CC(=O)NCC(c1cccs1)N1CCOCC1.